The quantitative estimate of drug-likeness (QED) is 0.623. The first-order chi connectivity index (χ1) is 4.90. The number of allylic oxidation sites excluding steroid dienone is 1. The molecular weight excluding hydrogens is 134 g/mol. The summed E-state index contributed by atoms with van der Waals surface area (Å²) in [5, 5.41) is 0. The minimum atomic E-state index is 0.281. The second-order valence-corrected chi connectivity index (χ2v) is 4.17. The third kappa shape index (κ3) is 3.57. The Labute approximate surface area is 70.7 Å². The van der Waals surface area contributed by atoms with Crippen molar-refractivity contribution in [1.29, 1.82) is 0 Å². The van der Waals surface area contributed by atoms with Gasteiger partial charge in [-0.05, 0) is 18.3 Å². The van der Waals surface area contributed by atoms with Gasteiger partial charge in [-0.25, -0.2) is 0 Å². The molecule has 0 radical (unpaired) electrons. The van der Waals surface area contributed by atoms with Crippen molar-refractivity contribution < 1.29 is 0 Å². The molecule has 1 nitrogen and oxygen atoms in total. The molecule has 0 unspecified atom stereocenters. The van der Waals surface area contributed by atoms with E-state index in [2.05, 4.69) is 40.7 Å². The molecule has 0 spiro atoms. The van der Waals surface area contributed by atoms with E-state index in [-0.39, 0.29) is 5.41 Å². The summed E-state index contributed by atoms with van der Waals surface area (Å²) in [6, 6.07) is 0. The molecule has 11 heavy (non-hydrogen) atoms. The summed E-state index contributed by atoms with van der Waals surface area (Å²) in [6.45, 7) is 11.7. The summed E-state index contributed by atoms with van der Waals surface area (Å²) in [4.78, 5) is 0. The van der Waals surface area contributed by atoms with Gasteiger partial charge in [-0.1, -0.05) is 39.3 Å². The zero-order valence-corrected chi connectivity index (χ0v) is 8.44. The molecular formula is C10H21N. The summed E-state index contributed by atoms with van der Waals surface area (Å²) in [5.74, 6) is 0.670. The lowest BCUT2D eigenvalue weighted by Crippen LogP contribution is -2.17. The average molecular weight is 155 g/mol. The van der Waals surface area contributed by atoms with E-state index < -0.39 is 0 Å². The maximum absolute atomic E-state index is 5.51. The first-order valence-electron chi connectivity index (χ1n) is 4.28. The molecule has 0 aromatic heterocycles. The lowest BCUT2D eigenvalue weighted by molar-refractivity contribution is 0.331. The standard InChI is InChI=1S/C10H21N/c1-8(2)10(4,5)6-9(3)7-11/h6,8H,7,11H2,1-5H3/b9-6+. The monoisotopic (exact) mass is 155 g/mol. The first-order valence-corrected chi connectivity index (χ1v) is 4.28. The predicted molar refractivity (Wildman–Crippen MR) is 51.4 cm³/mol. The summed E-state index contributed by atoms with van der Waals surface area (Å²) in [6.07, 6.45) is 2.28. The Kier molecular flexibility index (Phi) is 3.81. The van der Waals surface area contributed by atoms with Crippen LogP contribution in [0, 0.1) is 11.3 Å². The fraction of sp³-hybridized carbons (Fsp3) is 0.800. The van der Waals surface area contributed by atoms with Crippen LogP contribution in [-0.4, -0.2) is 6.54 Å². The fourth-order valence-corrected chi connectivity index (χ4v) is 0.861. The maximum atomic E-state index is 5.51. The second kappa shape index (κ2) is 3.91. The van der Waals surface area contributed by atoms with Crippen molar-refractivity contribution in [3.63, 3.8) is 0 Å². The third-order valence-electron chi connectivity index (χ3n) is 2.43. The molecule has 0 saturated carbocycles. The van der Waals surface area contributed by atoms with Gasteiger partial charge in [0, 0.05) is 6.54 Å². The van der Waals surface area contributed by atoms with Crippen molar-refractivity contribution in [2.24, 2.45) is 17.1 Å². The van der Waals surface area contributed by atoms with Crippen LogP contribution in [0.15, 0.2) is 11.6 Å². The van der Waals surface area contributed by atoms with Gasteiger partial charge in [-0.2, -0.15) is 0 Å². The SMILES string of the molecule is C/C(=C\C(C)(C)C(C)C)CN. The lowest BCUT2D eigenvalue weighted by Gasteiger charge is -2.26. The van der Waals surface area contributed by atoms with Crippen LogP contribution in [0.4, 0.5) is 0 Å². The van der Waals surface area contributed by atoms with Crippen LogP contribution in [-0.2, 0) is 0 Å². The van der Waals surface area contributed by atoms with Gasteiger partial charge in [-0.15, -0.1) is 0 Å². The third-order valence-corrected chi connectivity index (χ3v) is 2.43. The van der Waals surface area contributed by atoms with Crippen molar-refractivity contribution in [3.8, 4) is 0 Å². The van der Waals surface area contributed by atoms with Crippen LogP contribution >= 0.6 is 0 Å². The minimum Gasteiger partial charge on any atom is -0.327 e. The number of hydrogen-bond donors (Lipinski definition) is 1. The minimum absolute atomic E-state index is 0.281. The summed E-state index contributed by atoms with van der Waals surface area (Å²) < 4.78 is 0. The van der Waals surface area contributed by atoms with E-state index >= 15 is 0 Å². The molecule has 1 heteroatoms. The van der Waals surface area contributed by atoms with Gasteiger partial charge in [0.2, 0.25) is 0 Å². The van der Waals surface area contributed by atoms with Crippen LogP contribution in [0.25, 0.3) is 0 Å². The van der Waals surface area contributed by atoms with E-state index in [9.17, 15) is 0 Å². The molecule has 66 valence electrons. The largest absolute Gasteiger partial charge is 0.327 e. The predicted octanol–water partition coefficient (Wildman–Crippen LogP) is 2.57. The molecule has 0 atom stereocenters. The van der Waals surface area contributed by atoms with Gasteiger partial charge in [0.15, 0.2) is 0 Å². The van der Waals surface area contributed by atoms with Crippen molar-refractivity contribution in [3.05, 3.63) is 11.6 Å². The lowest BCUT2D eigenvalue weighted by atomic mass is 9.80. The normalized spacial score (nSPS) is 14.3. The van der Waals surface area contributed by atoms with Crippen molar-refractivity contribution in [2.45, 2.75) is 34.6 Å². The van der Waals surface area contributed by atoms with E-state index in [1.165, 1.54) is 5.57 Å². The first kappa shape index (κ1) is 10.7. The fourth-order valence-electron chi connectivity index (χ4n) is 0.861. The highest BCUT2D eigenvalue weighted by Crippen LogP contribution is 2.28. The Morgan fingerprint density at radius 3 is 2.18 bits per heavy atom. The highest BCUT2D eigenvalue weighted by atomic mass is 14.5. The zero-order chi connectivity index (χ0) is 9.07. The number of nitrogens with two attached hydrogens (primary N) is 1. The van der Waals surface area contributed by atoms with Crippen LogP contribution in [0.1, 0.15) is 34.6 Å². The van der Waals surface area contributed by atoms with Gasteiger partial charge in [0.1, 0.15) is 0 Å². The summed E-state index contributed by atoms with van der Waals surface area (Å²) in [7, 11) is 0. The molecule has 0 heterocycles. The van der Waals surface area contributed by atoms with Crippen LogP contribution < -0.4 is 5.73 Å². The number of rotatable bonds is 3. The molecule has 0 fully saturated rings. The van der Waals surface area contributed by atoms with Crippen molar-refractivity contribution in [2.75, 3.05) is 6.54 Å². The molecule has 0 aromatic rings. The Hall–Kier alpha value is -0.300. The average Bonchev–Trinajstić information content (AvgIpc) is 1.86. The Morgan fingerprint density at radius 2 is 1.91 bits per heavy atom. The molecule has 0 aliphatic rings. The smallest absolute Gasteiger partial charge is 0.0134 e. The van der Waals surface area contributed by atoms with Crippen LogP contribution in [0.5, 0.6) is 0 Å². The van der Waals surface area contributed by atoms with Crippen LogP contribution in [0.2, 0.25) is 0 Å². The molecule has 2 N–H and O–H groups in total. The second-order valence-electron chi connectivity index (χ2n) is 4.17. The molecule has 0 aliphatic carbocycles. The molecule has 0 bridgehead atoms. The zero-order valence-electron chi connectivity index (χ0n) is 8.44. The highest BCUT2D eigenvalue weighted by Gasteiger charge is 2.18. The van der Waals surface area contributed by atoms with E-state index in [0.29, 0.717) is 12.5 Å². The molecule has 0 amide bonds. The summed E-state index contributed by atoms with van der Waals surface area (Å²) in [5.41, 5.74) is 7.07. The van der Waals surface area contributed by atoms with Gasteiger partial charge in [0.05, 0.1) is 0 Å². The van der Waals surface area contributed by atoms with E-state index in [1.54, 1.807) is 0 Å². The van der Waals surface area contributed by atoms with Crippen molar-refractivity contribution in [1.82, 2.24) is 0 Å². The molecule has 0 aliphatic heterocycles. The van der Waals surface area contributed by atoms with Gasteiger partial charge in [-0.3, -0.25) is 0 Å². The van der Waals surface area contributed by atoms with Gasteiger partial charge < -0.3 is 5.73 Å². The Morgan fingerprint density at radius 1 is 1.45 bits per heavy atom. The highest BCUT2D eigenvalue weighted by molar-refractivity contribution is 5.06. The van der Waals surface area contributed by atoms with Crippen molar-refractivity contribution >= 4 is 0 Å². The Balaban J connectivity index is 4.33. The topological polar surface area (TPSA) is 26.0 Å². The summed E-state index contributed by atoms with van der Waals surface area (Å²) >= 11 is 0. The van der Waals surface area contributed by atoms with E-state index in [1.807, 2.05) is 0 Å². The Bertz CT molecular complexity index is 143. The molecule has 0 rings (SSSR count). The van der Waals surface area contributed by atoms with Gasteiger partial charge in [0.25, 0.3) is 0 Å². The maximum Gasteiger partial charge on any atom is 0.0134 e. The molecule has 0 saturated heterocycles. The van der Waals surface area contributed by atoms with Crippen LogP contribution in [0.3, 0.4) is 0 Å². The van der Waals surface area contributed by atoms with Gasteiger partial charge >= 0.3 is 0 Å². The van der Waals surface area contributed by atoms with E-state index in [0.717, 1.165) is 0 Å². The molecule has 0 aromatic carbocycles. The van der Waals surface area contributed by atoms with E-state index in [4.69, 9.17) is 5.73 Å². The number of hydrogen-bond acceptors (Lipinski definition) is 1.